The number of rotatable bonds is 7. The summed E-state index contributed by atoms with van der Waals surface area (Å²) in [6, 6.07) is 14.2. The van der Waals surface area contributed by atoms with Gasteiger partial charge in [0.05, 0.1) is 6.04 Å². The zero-order valence-corrected chi connectivity index (χ0v) is 19.7. The van der Waals surface area contributed by atoms with Crippen molar-refractivity contribution in [1.29, 1.82) is 0 Å². The third kappa shape index (κ3) is 5.45. The third-order valence-electron chi connectivity index (χ3n) is 5.87. The number of carbonyl (C=O) groups is 2. The Morgan fingerprint density at radius 2 is 1.71 bits per heavy atom. The van der Waals surface area contributed by atoms with Crippen LogP contribution in [-0.2, 0) is 4.79 Å². The van der Waals surface area contributed by atoms with Crippen molar-refractivity contribution in [2.75, 3.05) is 13.1 Å². The SMILES string of the molecule is C[C@H](c1nnc(S[C@@H](C(=O)NC(N)=O)c2ccccc2)n1-c1ccc(F)cc1)N1CCCCC1. The second-order valence-electron chi connectivity index (χ2n) is 8.19. The molecule has 2 aromatic carbocycles. The van der Waals surface area contributed by atoms with Crippen molar-refractivity contribution in [2.45, 2.75) is 42.6 Å². The van der Waals surface area contributed by atoms with Crippen LogP contribution >= 0.6 is 11.8 Å². The molecule has 3 N–H and O–H groups in total. The van der Waals surface area contributed by atoms with Crippen molar-refractivity contribution in [3.8, 4) is 5.69 Å². The normalized spacial score (nSPS) is 16.1. The van der Waals surface area contributed by atoms with Crippen LogP contribution in [0.5, 0.6) is 0 Å². The summed E-state index contributed by atoms with van der Waals surface area (Å²) in [7, 11) is 0. The number of carbonyl (C=O) groups excluding carboxylic acids is 2. The molecule has 1 fully saturated rings. The molecule has 2 heterocycles. The summed E-state index contributed by atoms with van der Waals surface area (Å²) in [6.45, 7) is 4.01. The molecular formula is C24H27FN6O2S. The molecule has 1 aromatic heterocycles. The molecular weight excluding hydrogens is 455 g/mol. The Labute approximate surface area is 201 Å². The topological polar surface area (TPSA) is 106 Å². The lowest BCUT2D eigenvalue weighted by Crippen LogP contribution is -2.37. The van der Waals surface area contributed by atoms with Crippen molar-refractivity contribution >= 4 is 23.7 Å². The first-order valence-corrected chi connectivity index (χ1v) is 12.1. The Hall–Kier alpha value is -3.24. The minimum absolute atomic E-state index is 0.0261. The Morgan fingerprint density at radius 1 is 1.03 bits per heavy atom. The van der Waals surface area contributed by atoms with Crippen LogP contribution in [0.25, 0.3) is 5.69 Å². The van der Waals surface area contributed by atoms with Crippen molar-refractivity contribution in [1.82, 2.24) is 25.0 Å². The Kier molecular flexibility index (Phi) is 7.59. The molecule has 1 aliphatic heterocycles. The van der Waals surface area contributed by atoms with Gasteiger partial charge in [0.1, 0.15) is 11.1 Å². The summed E-state index contributed by atoms with van der Waals surface area (Å²) in [4.78, 5) is 26.6. The number of piperidine rings is 1. The first-order chi connectivity index (χ1) is 16.4. The Bertz CT molecular complexity index is 1130. The van der Waals surface area contributed by atoms with Crippen LogP contribution in [0.3, 0.4) is 0 Å². The first kappa shape index (κ1) is 23.9. The fourth-order valence-corrected chi connectivity index (χ4v) is 5.19. The van der Waals surface area contributed by atoms with Gasteiger partial charge in [-0.25, -0.2) is 9.18 Å². The predicted molar refractivity (Wildman–Crippen MR) is 128 cm³/mol. The molecule has 34 heavy (non-hydrogen) atoms. The van der Waals surface area contributed by atoms with Crippen LogP contribution in [0.4, 0.5) is 9.18 Å². The first-order valence-electron chi connectivity index (χ1n) is 11.2. The summed E-state index contributed by atoms with van der Waals surface area (Å²) in [5, 5.41) is 10.7. The van der Waals surface area contributed by atoms with Gasteiger partial charge < -0.3 is 5.73 Å². The summed E-state index contributed by atoms with van der Waals surface area (Å²) in [6.07, 6.45) is 3.46. The number of hydrogen-bond acceptors (Lipinski definition) is 6. The second kappa shape index (κ2) is 10.8. The molecule has 10 heteroatoms. The van der Waals surface area contributed by atoms with E-state index in [1.54, 1.807) is 24.3 Å². The molecule has 0 bridgehead atoms. The van der Waals surface area contributed by atoms with Crippen LogP contribution in [0.2, 0.25) is 0 Å². The maximum atomic E-state index is 13.7. The highest BCUT2D eigenvalue weighted by Gasteiger charge is 2.30. The fraction of sp³-hybridized carbons (Fsp3) is 0.333. The highest BCUT2D eigenvalue weighted by molar-refractivity contribution is 8.00. The van der Waals surface area contributed by atoms with Crippen molar-refractivity contribution in [3.05, 3.63) is 71.8 Å². The number of primary amides is 1. The lowest BCUT2D eigenvalue weighted by atomic mass is 10.1. The largest absolute Gasteiger partial charge is 0.351 e. The minimum Gasteiger partial charge on any atom is -0.351 e. The van der Waals surface area contributed by atoms with Gasteiger partial charge in [0.15, 0.2) is 11.0 Å². The van der Waals surface area contributed by atoms with E-state index in [9.17, 15) is 14.0 Å². The highest BCUT2D eigenvalue weighted by atomic mass is 32.2. The molecule has 0 unspecified atom stereocenters. The lowest BCUT2D eigenvalue weighted by molar-refractivity contribution is -0.119. The number of nitrogens with zero attached hydrogens (tertiary/aromatic N) is 4. The number of nitrogens with two attached hydrogens (primary N) is 1. The van der Waals surface area contributed by atoms with E-state index < -0.39 is 17.2 Å². The van der Waals surface area contributed by atoms with E-state index in [0.717, 1.165) is 37.7 Å². The van der Waals surface area contributed by atoms with Gasteiger partial charge in [-0.15, -0.1) is 10.2 Å². The van der Waals surface area contributed by atoms with Gasteiger partial charge in [0.25, 0.3) is 0 Å². The van der Waals surface area contributed by atoms with E-state index in [1.165, 1.54) is 18.6 Å². The summed E-state index contributed by atoms with van der Waals surface area (Å²) < 4.78 is 15.5. The van der Waals surface area contributed by atoms with E-state index >= 15 is 0 Å². The summed E-state index contributed by atoms with van der Waals surface area (Å²) in [5.74, 6) is -0.194. The quantitative estimate of drug-likeness (QED) is 0.494. The van der Waals surface area contributed by atoms with E-state index in [2.05, 4.69) is 27.3 Å². The molecule has 0 aliphatic carbocycles. The van der Waals surface area contributed by atoms with Crippen LogP contribution in [0, 0.1) is 5.82 Å². The van der Waals surface area contributed by atoms with Gasteiger partial charge >= 0.3 is 6.03 Å². The molecule has 178 valence electrons. The zero-order valence-electron chi connectivity index (χ0n) is 18.9. The molecule has 2 atom stereocenters. The summed E-state index contributed by atoms with van der Waals surface area (Å²) >= 11 is 1.16. The number of urea groups is 1. The van der Waals surface area contributed by atoms with Crippen LogP contribution in [-0.4, -0.2) is 44.7 Å². The highest BCUT2D eigenvalue weighted by Crippen LogP contribution is 2.37. The average molecular weight is 483 g/mol. The lowest BCUT2D eigenvalue weighted by Gasteiger charge is -2.32. The predicted octanol–water partition coefficient (Wildman–Crippen LogP) is 3.98. The molecule has 1 aliphatic rings. The van der Waals surface area contributed by atoms with Crippen LogP contribution in [0.15, 0.2) is 59.8 Å². The maximum Gasteiger partial charge on any atom is 0.318 e. The van der Waals surface area contributed by atoms with Gasteiger partial charge in [0, 0.05) is 5.69 Å². The minimum atomic E-state index is -0.925. The number of hydrogen-bond donors (Lipinski definition) is 2. The van der Waals surface area contributed by atoms with Gasteiger partial charge in [-0.1, -0.05) is 48.5 Å². The zero-order chi connectivity index (χ0) is 24.1. The molecule has 0 saturated carbocycles. The smallest absolute Gasteiger partial charge is 0.318 e. The number of likely N-dealkylation sites (tertiary alicyclic amines) is 1. The fourth-order valence-electron chi connectivity index (χ4n) is 4.12. The van der Waals surface area contributed by atoms with E-state index in [4.69, 9.17) is 5.73 Å². The molecule has 8 nitrogen and oxygen atoms in total. The monoisotopic (exact) mass is 482 g/mol. The number of nitrogens with one attached hydrogen (secondary N) is 1. The van der Waals surface area contributed by atoms with Gasteiger partial charge in [0.2, 0.25) is 5.91 Å². The van der Waals surface area contributed by atoms with Crippen molar-refractivity contribution in [3.63, 3.8) is 0 Å². The standard InChI is InChI=1S/C24H27FN6O2S/c1-16(30-14-6-3-7-15-30)21-28-29-24(31(21)19-12-10-18(25)11-13-19)34-20(22(32)27-23(26)33)17-8-4-2-5-9-17/h2,4-5,8-13,16,20H,3,6-7,14-15H2,1H3,(H3,26,27,32,33)/t16-,20-/m1/s1. The number of thioether (sulfide) groups is 1. The number of amides is 3. The van der Waals surface area contributed by atoms with E-state index in [0.29, 0.717) is 22.2 Å². The molecule has 4 rings (SSSR count). The van der Waals surface area contributed by atoms with Gasteiger partial charge in [-0.2, -0.15) is 0 Å². The second-order valence-corrected chi connectivity index (χ2v) is 9.26. The van der Waals surface area contributed by atoms with Crippen molar-refractivity contribution < 1.29 is 14.0 Å². The number of benzene rings is 2. The Morgan fingerprint density at radius 3 is 2.35 bits per heavy atom. The molecule has 0 spiro atoms. The molecule has 3 amide bonds. The number of aromatic nitrogens is 3. The molecule has 3 aromatic rings. The number of imide groups is 1. The number of halogens is 1. The third-order valence-corrected chi connectivity index (χ3v) is 7.06. The average Bonchev–Trinajstić information content (AvgIpc) is 3.26. The molecule has 1 saturated heterocycles. The molecule has 0 radical (unpaired) electrons. The van der Waals surface area contributed by atoms with E-state index in [1.807, 2.05) is 22.8 Å². The van der Waals surface area contributed by atoms with E-state index in [-0.39, 0.29) is 11.9 Å². The summed E-state index contributed by atoms with van der Waals surface area (Å²) in [5.41, 5.74) is 6.59. The van der Waals surface area contributed by atoms with Gasteiger partial charge in [-0.3, -0.25) is 19.6 Å². The van der Waals surface area contributed by atoms with Gasteiger partial charge in [-0.05, 0) is 62.7 Å². The van der Waals surface area contributed by atoms with Crippen LogP contribution in [0.1, 0.15) is 48.9 Å². The van der Waals surface area contributed by atoms with Crippen molar-refractivity contribution in [2.24, 2.45) is 5.73 Å². The van der Waals surface area contributed by atoms with Crippen LogP contribution < -0.4 is 11.1 Å². The maximum absolute atomic E-state index is 13.7. The Balaban J connectivity index is 1.75.